The lowest BCUT2D eigenvalue weighted by Gasteiger charge is -2.26. The standard InChI is InChI=1S/C29H50O/c1-6-9-10-11-12-13-14-15-16-17-18-19-20-22-25-23-24-27(29(4,5)8-3)28(30)26(25)21-7-2/h7,23-24,30H,2,6,8-22H2,1,3-5H3. The second-order valence-electron chi connectivity index (χ2n) is 9.82. The van der Waals surface area contributed by atoms with Crippen LogP contribution in [0.3, 0.4) is 0 Å². The summed E-state index contributed by atoms with van der Waals surface area (Å²) in [4.78, 5) is 0. The largest absolute Gasteiger partial charge is 0.507 e. The summed E-state index contributed by atoms with van der Waals surface area (Å²) in [6.45, 7) is 12.8. The highest BCUT2D eigenvalue weighted by Crippen LogP contribution is 2.38. The zero-order valence-corrected chi connectivity index (χ0v) is 20.7. The molecule has 0 atom stereocenters. The van der Waals surface area contributed by atoms with Crippen molar-refractivity contribution < 1.29 is 5.11 Å². The number of unbranched alkanes of at least 4 members (excludes halogenated alkanes) is 12. The Morgan fingerprint density at radius 2 is 1.30 bits per heavy atom. The summed E-state index contributed by atoms with van der Waals surface area (Å²) in [5.41, 5.74) is 3.50. The molecule has 0 saturated heterocycles. The number of hydrogen-bond donors (Lipinski definition) is 1. The van der Waals surface area contributed by atoms with E-state index in [4.69, 9.17) is 0 Å². The number of hydrogen-bond acceptors (Lipinski definition) is 1. The number of benzene rings is 1. The second kappa shape index (κ2) is 15.5. The molecule has 1 aromatic rings. The van der Waals surface area contributed by atoms with Gasteiger partial charge in [0.1, 0.15) is 5.75 Å². The van der Waals surface area contributed by atoms with Gasteiger partial charge >= 0.3 is 0 Å². The molecule has 0 spiro atoms. The van der Waals surface area contributed by atoms with Gasteiger partial charge in [0.05, 0.1) is 0 Å². The van der Waals surface area contributed by atoms with E-state index in [0.717, 1.165) is 30.4 Å². The zero-order chi connectivity index (χ0) is 22.2. The molecule has 172 valence electrons. The highest BCUT2D eigenvalue weighted by molar-refractivity contribution is 5.49. The molecule has 0 heterocycles. The number of phenolic OH excluding ortho intramolecular Hbond substituents is 1. The van der Waals surface area contributed by atoms with Gasteiger partial charge < -0.3 is 5.11 Å². The molecule has 0 unspecified atom stereocenters. The first kappa shape index (κ1) is 26.8. The first-order valence-electron chi connectivity index (χ1n) is 12.9. The second-order valence-corrected chi connectivity index (χ2v) is 9.82. The van der Waals surface area contributed by atoms with Crippen LogP contribution < -0.4 is 0 Å². The third-order valence-corrected chi connectivity index (χ3v) is 6.89. The Morgan fingerprint density at radius 3 is 1.77 bits per heavy atom. The summed E-state index contributed by atoms with van der Waals surface area (Å²) < 4.78 is 0. The summed E-state index contributed by atoms with van der Waals surface area (Å²) in [5, 5.41) is 10.9. The normalized spacial score (nSPS) is 11.7. The average molecular weight is 415 g/mol. The quantitative estimate of drug-likeness (QED) is 0.187. The molecule has 1 N–H and O–H groups in total. The lowest BCUT2D eigenvalue weighted by atomic mass is 9.79. The van der Waals surface area contributed by atoms with E-state index in [0.29, 0.717) is 5.75 Å². The highest BCUT2D eigenvalue weighted by Gasteiger charge is 2.24. The van der Waals surface area contributed by atoms with Crippen molar-refractivity contribution in [2.75, 3.05) is 0 Å². The minimum absolute atomic E-state index is 0.00798. The molecule has 0 aliphatic carbocycles. The number of aryl methyl sites for hydroxylation is 1. The third-order valence-electron chi connectivity index (χ3n) is 6.89. The topological polar surface area (TPSA) is 20.2 Å². The molecule has 1 aromatic carbocycles. The van der Waals surface area contributed by atoms with E-state index >= 15 is 0 Å². The minimum atomic E-state index is 0.00798. The Morgan fingerprint density at radius 1 is 0.800 bits per heavy atom. The van der Waals surface area contributed by atoms with Crippen LogP contribution in [0.15, 0.2) is 24.8 Å². The van der Waals surface area contributed by atoms with Crippen LogP contribution in [0.25, 0.3) is 0 Å². The van der Waals surface area contributed by atoms with E-state index in [-0.39, 0.29) is 5.41 Å². The summed E-state index contributed by atoms with van der Waals surface area (Å²) in [7, 11) is 0. The summed E-state index contributed by atoms with van der Waals surface area (Å²) >= 11 is 0. The van der Waals surface area contributed by atoms with Crippen LogP contribution in [0.5, 0.6) is 5.75 Å². The predicted molar refractivity (Wildman–Crippen MR) is 135 cm³/mol. The monoisotopic (exact) mass is 414 g/mol. The van der Waals surface area contributed by atoms with Gasteiger partial charge in [-0.05, 0) is 42.2 Å². The molecular formula is C29H50O. The average Bonchev–Trinajstić information content (AvgIpc) is 2.73. The maximum atomic E-state index is 10.9. The number of aromatic hydroxyl groups is 1. The van der Waals surface area contributed by atoms with Gasteiger partial charge in [0, 0.05) is 5.56 Å². The van der Waals surface area contributed by atoms with Gasteiger partial charge in [0.2, 0.25) is 0 Å². The summed E-state index contributed by atoms with van der Waals surface area (Å²) in [6.07, 6.45) is 22.8. The molecule has 1 rings (SSSR count). The van der Waals surface area contributed by atoms with Crippen LogP contribution in [-0.4, -0.2) is 5.11 Å². The van der Waals surface area contributed by atoms with E-state index in [1.165, 1.54) is 89.0 Å². The molecule has 0 aromatic heterocycles. The molecule has 0 bridgehead atoms. The van der Waals surface area contributed by atoms with Crippen molar-refractivity contribution in [1.82, 2.24) is 0 Å². The van der Waals surface area contributed by atoms with Gasteiger partial charge in [-0.2, -0.15) is 0 Å². The summed E-state index contributed by atoms with van der Waals surface area (Å²) in [6, 6.07) is 4.41. The molecule has 0 radical (unpaired) electrons. The molecule has 1 nitrogen and oxygen atoms in total. The smallest absolute Gasteiger partial charge is 0.123 e. The van der Waals surface area contributed by atoms with Crippen LogP contribution in [0.2, 0.25) is 0 Å². The van der Waals surface area contributed by atoms with Crippen molar-refractivity contribution in [1.29, 1.82) is 0 Å². The first-order valence-corrected chi connectivity index (χ1v) is 12.9. The first-order chi connectivity index (χ1) is 14.5. The Bertz CT molecular complexity index is 584. The van der Waals surface area contributed by atoms with Gasteiger partial charge in [0.15, 0.2) is 0 Å². The van der Waals surface area contributed by atoms with Crippen LogP contribution in [0, 0.1) is 0 Å². The van der Waals surface area contributed by atoms with Crippen molar-refractivity contribution in [2.45, 2.75) is 136 Å². The molecule has 0 saturated carbocycles. The predicted octanol–water partition coefficient (Wildman–Crippen LogP) is 9.44. The number of allylic oxidation sites excluding steroid dienone is 1. The maximum absolute atomic E-state index is 10.9. The fourth-order valence-electron chi connectivity index (χ4n) is 4.35. The minimum Gasteiger partial charge on any atom is -0.507 e. The fraction of sp³-hybridized carbons (Fsp3) is 0.724. The van der Waals surface area contributed by atoms with Gasteiger partial charge in [-0.1, -0.05) is 123 Å². The van der Waals surface area contributed by atoms with Crippen molar-refractivity contribution in [3.05, 3.63) is 41.5 Å². The fourth-order valence-corrected chi connectivity index (χ4v) is 4.35. The van der Waals surface area contributed by atoms with Crippen molar-refractivity contribution in [2.24, 2.45) is 0 Å². The zero-order valence-electron chi connectivity index (χ0n) is 20.7. The maximum Gasteiger partial charge on any atom is 0.123 e. The molecule has 0 aliphatic rings. The van der Waals surface area contributed by atoms with Gasteiger partial charge in [-0.3, -0.25) is 0 Å². The van der Waals surface area contributed by atoms with E-state index in [2.05, 4.69) is 46.4 Å². The number of rotatable bonds is 18. The van der Waals surface area contributed by atoms with Gasteiger partial charge in [0.25, 0.3) is 0 Å². The Balaban J connectivity index is 2.30. The van der Waals surface area contributed by atoms with E-state index in [9.17, 15) is 5.11 Å². The Labute approximate surface area is 188 Å². The van der Waals surface area contributed by atoms with E-state index < -0.39 is 0 Å². The Kier molecular flexibility index (Phi) is 13.9. The molecule has 0 amide bonds. The Hall–Kier alpha value is -1.24. The number of phenols is 1. The molecule has 1 heteroatoms. The lowest BCUT2D eigenvalue weighted by Crippen LogP contribution is -2.16. The van der Waals surface area contributed by atoms with E-state index in [1.54, 1.807) is 0 Å². The highest BCUT2D eigenvalue weighted by atomic mass is 16.3. The molecule has 30 heavy (non-hydrogen) atoms. The molecular weight excluding hydrogens is 364 g/mol. The van der Waals surface area contributed by atoms with Crippen LogP contribution in [0.1, 0.15) is 134 Å². The summed E-state index contributed by atoms with van der Waals surface area (Å²) in [5.74, 6) is 0.508. The lowest BCUT2D eigenvalue weighted by molar-refractivity contribution is 0.423. The van der Waals surface area contributed by atoms with Crippen molar-refractivity contribution >= 4 is 0 Å². The SMILES string of the molecule is C=CCc1c(CCCCCCCCCCCCCCC)ccc(C(C)(C)CC)c1O. The van der Waals surface area contributed by atoms with Crippen LogP contribution in [0.4, 0.5) is 0 Å². The van der Waals surface area contributed by atoms with Crippen molar-refractivity contribution in [3.8, 4) is 5.75 Å². The van der Waals surface area contributed by atoms with Crippen LogP contribution in [-0.2, 0) is 18.3 Å². The van der Waals surface area contributed by atoms with Crippen LogP contribution >= 0.6 is 0 Å². The van der Waals surface area contributed by atoms with E-state index in [1.807, 2.05) is 6.08 Å². The third kappa shape index (κ3) is 9.71. The van der Waals surface area contributed by atoms with Crippen molar-refractivity contribution in [3.63, 3.8) is 0 Å². The van der Waals surface area contributed by atoms with Gasteiger partial charge in [-0.25, -0.2) is 0 Å². The molecule has 0 aliphatic heterocycles. The molecule has 0 fully saturated rings. The van der Waals surface area contributed by atoms with Gasteiger partial charge in [-0.15, -0.1) is 6.58 Å².